The van der Waals surface area contributed by atoms with Crippen molar-refractivity contribution in [2.75, 3.05) is 5.32 Å². The molecule has 4 rings (SSSR count). The van der Waals surface area contributed by atoms with E-state index in [2.05, 4.69) is 10.3 Å². The maximum Gasteiger partial charge on any atom is 0.296 e. The minimum absolute atomic E-state index is 0.374. The summed E-state index contributed by atoms with van der Waals surface area (Å²) in [5.74, 6) is -1.21. The van der Waals surface area contributed by atoms with E-state index in [1.54, 1.807) is 18.3 Å². The van der Waals surface area contributed by atoms with Gasteiger partial charge in [-0.05, 0) is 29.3 Å². The Morgan fingerprint density at radius 1 is 0.731 bits per heavy atom. The Morgan fingerprint density at radius 2 is 1.38 bits per heavy atom. The average Bonchev–Trinajstić information content (AvgIpc) is 3.13. The van der Waals surface area contributed by atoms with Crippen molar-refractivity contribution in [3.8, 4) is 11.1 Å². The third kappa shape index (κ3) is 3.00. The van der Waals surface area contributed by atoms with Gasteiger partial charge in [0, 0.05) is 22.8 Å². The molecule has 4 heteroatoms. The predicted molar refractivity (Wildman–Crippen MR) is 103 cm³/mol. The molecule has 0 aliphatic carbocycles. The molecule has 1 aromatic heterocycles. The molecular formula is C22H16N2O2. The van der Waals surface area contributed by atoms with Crippen LogP contribution in [-0.4, -0.2) is 16.7 Å². The summed E-state index contributed by atoms with van der Waals surface area (Å²) >= 11 is 0. The fourth-order valence-electron chi connectivity index (χ4n) is 2.95. The lowest BCUT2D eigenvalue weighted by Gasteiger charge is -2.06. The van der Waals surface area contributed by atoms with Crippen LogP contribution in [0, 0.1) is 0 Å². The van der Waals surface area contributed by atoms with Crippen LogP contribution in [0.1, 0.15) is 10.4 Å². The largest absolute Gasteiger partial charge is 0.360 e. The number of benzene rings is 3. The minimum Gasteiger partial charge on any atom is -0.360 e. The first-order valence-corrected chi connectivity index (χ1v) is 8.29. The molecule has 0 bridgehead atoms. The average molecular weight is 340 g/mol. The van der Waals surface area contributed by atoms with Crippen molar-refractivity contribution in [2.24, 2.45) is 0 Å². The van der Waals surface area contributed by atoms with Crippen molar-refractivity contribution >= 4 is 28.3 Å². The number of H-pyrrole nitrogens is 1. The number of carbonyl (C=O) groups excluding carboxylic acids is 2. The van der Waals surface area contributed by atoms with Gasteiger partial charge in [0.25, 0.3) is 11.7 Å². The third-order valence-corrected chi connectivity index (χ3v) is 4.29. The Balaban J connectivity index is 1.52. The van der Waals surface area contributed by atoms with E-state index in [-0.39, 0.29) is 0 Å². The molecule has 1 heterocycles. The zero-order chi connectivity index (χ0) is 17.9. The first-order valence-electron chi connectivity index (χ1n) is 8.29. The first kappa shape index (κ1) is 15.8. The van der Waals surface area contributed by atoms with Gasteiger partial charge in [0.2, 0.25) is 0 Å². The number of aromatic nitrogens is 1. The Hall–Kier alpha value is -3.66. The molecule has 0 spiro atoms. The van der Waals surface area contributed by atoms with Crippen LogP contribution in [0.5, 0.6) is 0 Å². The highest BCUT2D eigenvalue weighted by atomic mass is 16.2. The lowest BCUT2D eigenvalue weighted by molar-refractivity contribution is -0.112. The second-order valence-corrected chi connectivity index (χ2v) is 5.97. The molecule has 0 saturated heterocycles. The third-order valence-electron chi connectivity index (χ3n) is 4.29. The van der Waals surface area contributed by atoms with Gasteiger partial charge in [-0.1, -0.05) is 60.7 Å². The molecule has 0 aliphatic heterocycles. The summed E-state index contributed by atoms with van der Waals surface area (Å²) in [7, 11) is 0. The minimum atomic E-state index is -0.651. The van der Waals surface area contributed by atoms with E-state index < -0.39 is 11.7 Å². The van der Waals surface area contributed by atoms with Gasteiger partial charge in [0.15, 0.2) is 0 Å². The van der Waals surface area contributed by atoms with Crippen LogP contribution in [0.2, 0.25) is 0 Å². The van der Waals surface area contributed by atoms with Crippen LogP contribution < -0.4 is 5.32 Å². The van der Waals surface area contributed by atoms with Crippen molar-refractivity contribution in [3.05, 3.63) is 90.6 Å². The van der Waals surface area contributed by atoms with Crippen LogP contribution in [0.3, 0.4) is 0 Å². The van der Waals surface area contributed by atoms with Crippen LogP contribution in [-0.2, 0) is 4.79 Å². The van der Waals surface area contributed by atoms with Crippen molar-refractivity contribution < 1.29 is 9.59 Å². The highest BCUT2D eigenvalue weighted by Crippen LogP contribution is 2.22. The maximum absolute atomic E-state index is 12.5. The quantitative estimate of drug-likeness (QED) is 0.419. The Kier molecular flexibility index (Phi) is 4.07. The molecule has 4 nitrogen and oxygen atoms in total. The van der Waals surface area contributed by atoms with Crippen LogP contribution in [0.4, 0.5) is 5.69 Å². The number of para-hydroxylation sites is 1. The number of Topliss-reactive ketones (excluding diaryl/α,β-unsaturated/α-hetero) is 1. The Bertz CT molecular complexity index is 1080. The fourth-order valence-corrected chi connectivity index (χ4v) is 2.95. The van der Waals surface area contributed by atoms with E-state index in [0.29, 0.717) is 11.3 Å². The molecule has 0 radical (unpaired) electrons. The van der Waals surface area contributed by atoms with Gasteiger partial charge >= 0.3 is 0 Å². The smallest absolute Gasteiger partial charge is 0.296 e. The zero-order valence-corrected chi connectivity index (χ0v) is 13.9. The molecule has 3 aromatic carbocycles. The standard InChI is InChI=1S/C22H16N2O2/c25-21(19-14-23-20-9-5-4-8-18(19)20)22(26)24-17-12-10-16(11-13-17)15-6-2-1-3-7-15/h1-14,23H,(H,24,26). The first-order chi connectivity index (χ1) is 12.7. The molecule has 2 N–H and O–H groups in total. The van der Waals surface area contributed by atoms with E-state index in [1.165, 1.54) is 0 Å². The van der Waals surface area contributed by atoms with E-state index in [9.17, 15) is 9.59 Å². The van der Waals surface area contributed by atoms with Gasteiger partial charge in [-0.2, -0.15) is 0 Å². The molecule has 0 fully saturated rings. The fraction of sp³-hybridized carbons (Fsp3) is 0. The molecule has 1 amide bonds. The molecule has 26 heavy (non-hydrogen) atoms. The molecule has 0 atom stereocenters. The number of anilines is 1. The lowest BCUT2D eigenvalue weighted by Crippen LogP contribution is -2.22. The number of fused-ring (bicyclic) bond motifs is 1. The molecule has 0 unspecified atom stereocenters. The number of aromatic amines is 1. The predicted octanol–water partition coefficient (Wildman–Crippen LogP) is 4.66. The second-order valence-electron chi connectivity index (χ2n) is 5.97. The van der Waals surface area contributed by atoms with E-state index in [0.717, 1.165) is 22.0 Å². The number of hydrogen-bond acceptors (Lipinski definition) is 2. The Labute approximate surface area is 150 Å². The van der Waals surface area contributed by atoms with E-state index >= 15 is 0 Å². The number of rotatable bonds is 4. The van der Waals surface area contributed by atoms with Crippen LogP contribution in [0.25, 0.3) is 22.0 Å². The molecule has 0 saturated carbocycles. The van der Waals surface area contributed by atoms with Gasteiger partial charge in [0.1, 0.15) is 0 Å². The van der Waals surface area contributed by atoms with Gasteiger partial charge in [0.05, 0.1) is 5.56 Å². The number of ketones is 1. The number of amides is 1. The SMILES string of the molecule is O=C(Nc1ccc(-c2ccccc2)cc1)C(=O)c1c[nH]c2ccccc12. The van der Waals surface area contributed by atoms with E-state index in [1.807, 2.05) is 66.7 Å². The van der Waals surface area contributed by atoms with Crippen molar-refractivity contribution in [3.63, 3.8) is 0 Å². The molecule has 4 aromatic rings. The van der Waals surface area contributed by atoms with Crippen LogP contribution in [0.15, 0.2) is 85.1 Å². The summed E-state index contributed by atoms with van der Waals surface area (Å²) in [5, 5.41) is 3.41. The van der Waals surface area contributed by atoms with Crippen molar-refractivity contribution in [1.82, 2.24) is 4.98 Å². The topological polar surface area (TPSA) is 62.0 Å². The number of carbonyl (C=O) groups is 2. The van der Waals surface area contributed by atoms with Gasteiger partial charge < -0.3 is 10.3 Å². The summed E-state index contributed by atoms with van der Waals surface area (Å²) < 4.78 is 0. The maximum atomic E-state index is 12.5. The summed E-state index contributed by atoms with van der Waals surface area (Å²) in [5.41, 5.74) is 3.93. The van der Waals surface area contributed by atoms with Crippen molar-refractivity contribution in [2.45, 2.75) is 0 Å². The Morgan fingerprint density at radius 3 is 2.15 bits per heavy atom. The lowest BCUT2D eigenvalue weighted by atomic mass is 10.1. The van der Waals surface area contributed by atoms with Crippen molar-refractivity contribution in [1.29, 1.82) is 0 Å². The number of nitrogens with one attached hydrogen (secondary N) is 2. The summed E-state index contributed by atoms with van der Waals surface area (Å²) in [4.78, 5) is 27.8. The highest BCUT2D eigenvalue weighted by molar-refractivity contribution is 6.48. The highest BCUT2D eigenvalue weighted by Gasteiger charge is 2.19. The summed E-state index contributed by atoms with van der Waals surface area (Å²) in [6.07, 6.45) is 1.57. The normalized spacial score (nSPS) is 10.6. The van der Waals surface area contributed by atoms with E-state index in [4.69, 9.17) is 0 Å². The molecular weight excluding hydrogens is 324 g/mol. The summed E-state index contributed by atoms with van der Waals surface area (Å²) in [6, 6.07) is 24.8. The number of hydrogen-bond donors (Lipinski definition) is 2. The molecule has 0 aliphatic rings. The van der Waals surface area contributed by atoms with Gasteiger partial charge in [-0.3, -0.25) is 9.59 Å². The van der Waals surface area contributed by atoms with Crippen LogP contribution >= 0.6 is 0 Å². The second kappa shape index (κ2) is 6.69. The van der Waals surface area contributed by atoms with Gasteiger partial charge in [-0.25, -0.2) is 0 Å². The molecule has 126 valence electrons. The zero-order valence-electron chi connectivity index (χ0n) is 13.9. The summed E-state index contributed by atoms with van der Waals surface area (Å²) in [6.45, 7) is 0. The monoisotopic (exact) mass is 340 g/mol. The van der Waals surface area contributed by atoms with Gasteiger partial charge in [-0.15, -0.1) is 0 Å².